The van der Waals surface area contributed by atoms with Crippen molar-refractivity contribution in [2.24, 2.45) is 5.10 Å². The van der Waals surface area contributed by atoms with Gasteiger partial charge in [-0.05, 0) is 54.0 Å². The van der Waals surface area contributed by atoms with Gasteiger partial charge in [0.1, 0.15) is 5.75 Å². The van der Waals surface area contributed by atoms with Crippen molar-refractivity contribution in [3.05, 3.63) is 50.1 Å². The largest absolute Gasteiger partial charge is 0.496 e. The Morgan fingerprint density at radius 3 is 2.71 bits per heavy atom. The van der Waals surface area contributed by atoms with Crippen molar-refractivity contribution >= 4 is 38.9 Å². The molecule has 1 amide bonds. The summed E-state index contributed by atoms with van der Waals surface area (Å²) >= 11 is 4.69. The summed E-state index contributed by atoms with van der Waals surface area (Å²) in [5.74, 6) is 0.506. The lowest BCUT2D eigenvalue weighted by molar-refractivity contribution is 0.0959. The first-order valence-corrected chi connectivity index (χ1v) is 7.87. The molecule has 2 aromatic rings. The predicted molar refractivity (Wildman–Crippen MR) is 89.4 cm³/mol. The number of carbonyl (C=O) groups is 1. The van der Waals surface area contributed by atoms with E-state index in [1.54, 1.807) is 13.2 Å². The van der Waals surface area contributed by atoms with Crippen LogP contribution >= 0.6 is 27.3 Å². The third-order valence-electron chi connectivity index (χ3n) is 2.87. The van der Waals surface area contributed by atoms with Crippen LogP contribution in [0.2, 0.25) is 0 Å². The molecule has 21 heavy (non-hydrogen) atoms. The van der Waals surface area contributed by atoms with Crippen LogP contribution in [0.3, 0.4) is 0 Å². The highest BCUT2D eigenvalue weighted by atomic mass is 79.9. The molecule has 0 unspecified atom stereocenters. The quantitative estimate of drug-likeness (QED) is 0.657. The van der Waals surface area contributed by atoms with Gasteiger partial charge in [0.2, 0.25) is 0 Å². The van der Waals surface area contributed by atoms with E-state index < -0.39 is 0 Å². The number of hydrogen-bond donors (Lipinski definition) is 1. The maximum absolute atomic E-state index is 12.0. The number of hydrazone groups is 1. The van der Waals surface area contributed by atoms with Crippen LogP contribution in [0.15, 0.2) is 39.2 Å². The number of hydrogen-bond acceptors (Lipinski definition) is 4. The molecule has 1 N–H and O–H groups in total. The fourth-order valence-corrected chi connectivity index (χ4v) is 3.07. The second-order valence-electron chi connectivity index (χ2n) is 4.45. The molecule has 0 saturated heterocycles. The van der Waals surface area contributed by atoms with E-state index in [-0.39, 0.29) is 5.91 Å². The number of halogens is 1. The van der Waals surface area contributed by atoms with Gasteiger partial charge in [-0.1, -0.05) is 11.6 Å². The van der Waals surface area contributed by atoms with E-state index >= 15 is 0 Å². The van der Waals surface area contributed by atoms with Crippen molar-refractivity contribution in [1.29, 1.82) is 0 Å². The van der Waals surface area contributed by atoms with Crippen LogP contribution in [0, 0.1) is 6.92 Å². The first-order valence-electron chi connectivity index (χ1n) is 6.26. The van der Waals surface area contributed by atoms with Crippen LogP contribution in [0.4, 0.5) is 0 Å². The summed E-state index contributed by atoms with van der Waals surface area (Å²) in [4.78, 5) is 12.6. The van der Waals surface area contributed by atoms with E-state index in [2.05, 4.69) is 26.5 Å². The third-order valence-corrected chi connectivity index (χ3v) is 4.49. The fourth-order valence-electron chi connectivity index (χ4n) is 1.79. The minimum atomic E-state index is -0.225. The maximum atomic E-state index is 12.0. The molecule has 6 heteroatoms. The Morgan fingerprint density at radius 2 is 2.10 bits per heavy atom. The summed E-state index contributed by atoms with van der Waals surface area (Å²) in [6.07, 6.45) is 0. The third kappa shape index (κ3) is 3.92. The number of carbonyl (C=O) groups excluding carboxylic acids is 1. The first-order chi connectivity index (χ1) is 10.0. The molecule has 0 spiro atoms. The van der Waals surface area contributed by atoms with Gasteiger partial charge < -0.3 is 4.74 Å². The van der Waals surface area contributed by atoms with Crippen molar-refractivity contribution in [3.8, 4) is 5.75 Å². The molecule has 110 valence electrons. The van der Waals surface area contributed by atoms with Gasteiger partial charge in [-0.3, -0.25) is 4.79 Å². The molecule has 1 aromatic heterocycles. The van der Waals surface area contributed by atoms with E-state index in [0.717, 1.165) is 20.7 Å². The van der Waals surface area contributed by atoms with Gasteiger partial charge in [0, 0.05) is 5.56 Å². The van der Waals surface area contributed by atoms with Gasteiger partial charge in [0.15, 0.2) is 0 Å². The van der Waals surface area contributed by atoms with Crippen molar-refractivity contribution in [3.63, 3.8) is 0 Å². The van der Waals surface area contributed by atoms with Crippen molar-refractivity contribution < 1.29 is 9.53 Å². The summed E-state index contributed by atoms with van der Waals surface area (Å²) in [6.45, 7) is 3.83. The van der Waals surface area contributed by atoms with Gasteiger partial charge in [-0.2, -0.15) is 5.10 Å². The topological polar surface area (TPSA) is 50.7 Å². The summed E-state index contributed by atoms with van der Waals surface area (Å²) in [5, 5.41) is 4.16. The van der Waals surface area contributed by atoms with Crippen LogP contribution in [0.5, 0.6) is 5.75 Å². The standard InChI is InChI=1S/C15H15BrN2O2S/c1-9-4-5-12(20-3)11(8-9)10(2)17-18-15(19)13-6-7-14(16)21-13/h4-8H,1-3H3,(H,18,19)/b17-10-. The van der Waals surface area contributed by atoms with Crippen LogP contribution in [0.1, 0.15) is 27.7 Å². The second-order valence-corrected chi connectivity index (χ2v) is 6.91. The Hall–Kier alpha value is -1.66. The van der Waals surface area contributed by atoms with Gasteiger partial charge in [0.05, 0.1) is 21.5 Å². The van der Waals surface area contributed by atoms with E-state index in [0.29, 0.717) is 10.6 Å². The Balaban J connectivity index is 2.18. The van der Waals surface area contributed by atoms with E-state index in [1.807, 2.05) is 38.1 Å². The monoisotopic (exact) mass is 366 g/mol. The zero-order chi connectivity index (χ0) is 15.4. The molecule has 2 rings (SSSR count). The summed E-state index contributed by atoms with van der Waals surface area (Å²) in [6, 6.07) is 9.42. The lowest BCUT2D eigenvalue weighted by atomic mass is 10.1. The number of ether oxygens (including phenoxy) is 1. The van der Waals surface area contributed by atoms with Gasteiger partial charge in [-0.25, -0.2) is 5.43 Å². The normalized spacial score (nSPS) is 11.3. The fraction of sp³-hybridized carbons (Fsp3) is 0.200. The number of benzene rings is 1. The molecule has 0 fully saturated rings. The van der Waals surface area contributed by atoms with E-state index in [4.69, 9.17) is 4.74 Å². The Morgan fingerprint density at radius 1 is 1.33 bits per heavy atom. The Bertz CT molecular complexity index is 695. The average Bonchev–Trinajstić information content (AvgIpc) is 2.91. The summed E-state index contributed by atoms with van der Waals surface area (Å²) < 4.78 is 6.23. The molecule has 1 heterocycles. The van der Waals surface area contributed by atoms with Crippen molar-refractivity contribution in [2.75, 3.05) is 7.11 Å². The van der Waals surface area contributed by atoms with Crippen LogP contribution in [-0.2, 0) is 0 Å². The molecule has 0 radical (unpaired) electrons. The lowest BCUT2D eigenvalue weighted by Gasteiger charge is -2.09. The highest BCUT2D eigenvalue weighted by Crippen LogP contribution is 2.22. The van der Waals surface area contributed by atoms with E-state index in [9.17, 15) is 4.79 Å². The van der Waals surface area contributed by atoms with E-state index in [1.165, 1.54) is 11.3 Å². The van der Waals surface area contributed by atoms with Gasteiger partial charge in [0.25, 0.3) is 5.91 Å². The number of aryl methyl sites for hydroxylation is 1. The SMILES string of the molecule is COc1ccc(C)cc1/C(C)=N\NC(=O)c1ccc(Br)s1. The average molecular weight is 367 g/mol. The first kappa shape index (κ1) is 15.7. The van der Waals surface area contributed by atoms with Gasteiger partial charge >= 0.3 is 0 Å². The molecule has 0 bridgehead atoms. The molecule has 0 aliphatic carbocycles. The lowest BCUT2D eigenvalue weighted by Crippen LogP contribution is -2.18. The molecule has 0 aliphatic heterocycles. The van der Waals surface area contributed by atoms with Crippen LogP contribution in [-0.4, -0.2) is 18.7 Å². The maximum Gasteiger partial charge on any atom is 0.281 e. The number of nitrogens with one attached hydrogen (secondary N) is 1. The molecular weight excluding hydrogens is 352 g/mol. The smallest absolute Gasteiger partial charge is 0.281 e. The minimum Gasteiger partial charge on any atom is -0.496 e. The number of nitrogens with zero attached hydrogens (tertiary/aromatic N) is 1. The van der Waals surface area contributed by atoms with Crippen molar-refractivity contribution in [2.45, 2.75) is 13.8 Å². The second kappa shape index (κ2) is 6.87. The number of amides is 1. The number of methoxy groups -OCH3 is 1. The Kier molecular flexibility index (Phi) is 5.14. The zero-order valence-corrected chi connectivity index (χ0v) is 14.3. The molecule has 0 atom stereocenters. The Labute approximate surface area is 136 Å². The molecular formula is C15H15BrN2O2S. The molecule has 0 saturated carbocycles. The zero-order valence-electron chi connectivity index (χ0n) is 11.9. The van der Waals surface area contributed by atoms with Crippen molar-refractivity contribution in [1.82, 2.24) is 5.43 Å². The van der Waals surface area contributed by atoms with Crippen LogP contribution in [0.25, 0.3) is 0 Å². The summed E-state index contributed by atoms with van der Waals surface area (Å²) in [7, 11) is 1.61. The highest BCUT2D eigenvalue weighted by Gasteiger charge is 2.10. The number of rotatable bonds is 4. The minimum absolute atomic E-state index is 0.225. The highest BCUT2D eigenvalue weighted by molar-refractivity contribution is 9.11. The molecule has 1 aromatic carbocycles. The summed E-state index contributed by atoms with van der Waals surface area (Å²) in [5.41, 5.74) is 5.23. The predicted octanol–water partition coefficient (Wildman–Crippen LogP) is 3.98. The molecule has 0 aliphatic rings. The van der Waals surface area contributed by atoms with Crippen LogP contribution < -0.4 is 10.2 Å². The molecule has 4 nitrogen and oxygen atoms in total. The van der Waals surface area contributed by atoms with Gasteiger partial charge in [-0.15, -0.1) is 11.3 Å². The number of thiophene rings is 1.